The number of aryl methyl sites for hydroxylation is 6. The third-order valence-corrected chi connectivity index (χ3v) is 21.7. The van der Waals surface area contributed by atoms with Crippen molar-refractivity contribution in [1.82, 2.24) is 71.0 Å². The molecule has 30 nitrogen and oxygen atoms in total. The van der Waals surface area contributed by atoms with Crippen molar-refractivity contribution in [2.75, 3.05) is 29.6 Å². The Morgan fingerprint density at radius 1 is 0.455 bits per heavy atom. The molecule has 0 radical (unpaired) electrons. The number of ether oxygens (including phenoxy) is 2. The summed E-state index contributed by atoms with van der Waals surface area (Å²) < 4.78 is 22.7. The number of carboxylic acids is 1. The molecule has 37 heteroatoms. The van der Waals surface area contributed by atoms with Gasteiger partial charge in [0.15, 0.2) is 38.2 Å². The van der Waals surface area contributed by atoms with E-state index in [9.17, 15) is 48.3 Å². The lowest BCUT2D eigenvalue weighted by Gasteiger charge is -2.09. The number of benzene rings is 3. The molecule has 3 aliphatic rings. The van der Waals surface area contributed by atoms with E-state index in [2.05, 4.69) is 56.5 Å². The van der Waals surface area contributed by atoms with Crippen molar-refractivity contribution >= 4 is 166 Å². The van der Waals surface area contributed by atoms with Gasteiger partial charge in [0.25, 0.3) is 16.7 Å². The Morgan fingerprint density at radius 3 is 1.14 bits per heavy atom. The lowest BCUT2D eigenvalue weighted by molar-refractivity contribution is -0.145. The number of imidazole rings is 3. The van der Waals surface area contributed by atoms with Crippen LogP contribution in [0.3, 0.4) is 0 Å². The maximum atomic E-state index is 13.4. The first-order chi connectivity index (χ1) is 52.4. The largest absolute Gasteiger partial charge is 0.481 e. The maximum absolute atomic E-state index is 13.4. The average molecular weight is 1680 g/mol. The van der Waals surface area contributed by atoms with Crippen molar-refractivity contribution in [2.24, 2.45) is 60.0 Å². The molecule has 0 saturated heterocycles. The fraction of sp³-hybridized carbons (Fsp3) is 0.301. The summed E-state index contributed by atoms with van der Waals surface area (Å²) in [5.74, 6) is 0.444. The summed E-state index contributed by atoms with van der Waals surface area (Å²) in [5, 5.41) is 17.6. The Kier molecular flexibility index (Phi) is 23.5. The Labute approximate surface area is 662 Å². The van der Waals surface area contributed by atoms with Gasteiger partial charge in [-0.25, -0.2) is 34.3 Å². The van der Waals surface area contributed by atoms with Crippen LogP contribution in [-0.4, -0.2) is 107 Å². The van der Waals surface area contributed by atoms with E-state index >= 15 is 0 Å². The Balaban J connectivity index is 0.000000143. The molecule has 3 saturated carbocycles. The molecule has 0 aliphatic heterocycles. The number of fused-ring (bicyclic) bond motifs is 3. The van der Waals surface area contributed by atoms with E-state index in [0.29, 0.717) is 124 Å². The SMILES string of the molecule is CCOC(=O)[C@@H]1C[C@@H]1c1cccc(N)n1.CCOC(=O)[C@@H]1C[C@@H]1c1cccc(Nc2nc3c(c(=O)n(Cc4ccc(Cl)c(Cl)c4)c(=O)n3C)n2C)n1.Cn1c(Br)nc2c1c(=O)n(Cc1ccc(Cl)c(Cl)c1)c(=O)n2C.Cn1c(Nc2cccc([C@H]3C[C@H]3C(=O)O)n2)nc2c1c(=O)n(Cc1ccc(Cl)c(Cl)c1)c(=O)n2C. The number of esters is 2. The van der Waals surface area contributed by atoms with Gasteiger partial charge in [-0.3, -0.25) is 56.2 Å². The number of nitrogens with zero attached hydrogens (tertiary/aromatic N) is 15. The van der Waals surface area contributed by atoms with Crippen LogP contribution in [0.5, 0.6) is 0 Å². The molecule has 0 bridgehead atoms. The first-order valence-corrected chi connectivity index (χ1v) is 37.2. The van der Waals surface area contributed by atoms with Gasteiger partial charge < -0.3 is 44.6 Å². The molecule has 572 valence electrons. The number of carbonyl (C=O) groups is 3. The topological polar surface area (TPSA) is 364 Å². The molecule has 5 N–H and O–H groups in total. The highest BCUT2D eigenvalue weighted by Crippen LogP contribution is 2.49. The Morgan fingerprint density at radius 2 is 0.791 bits per heavy atom. The van der Waals surface area contributed by atoms with Crippen LogP contribution in [0.4, 0.5) is 29.4 Å². The Hall–Kier alpha value is -10.4. The van der Waals surface area contributed by atoms with E-state index in [1.807, 2.05) is 31.2 Å². The number of nitrogens with two attached hydrogens (primary N) is 1. The minimum absolute atomic E-state index is 0.00985. The number of aliphatic carboxylic acids is 1. The van der Waals surface area contributed by atoms with Gasteiger partial charge >= 0.3 is 35.0 Å². The lowest BCUT2D eigenvalue weighted by atomic mass is 10.2. The monoisotopic (exact) mass is 1680 g/mol. The molecule has 0 unspecified atom stereocenters. The normalized spacial score (nSPS) is 16.6. The van der Waals surface area contributed by atoms with Crippen molar-refractivity contribution in [1.29, 1.82) is 0 Å². The highest BCUT2D eigenvalue weighted by molar-refractivity contribution is 9.10. The molecule has 0 spiro atoms. The number of hydrogen-bond donors (Lipinski definition) is 4. The number of rotatable bonds is 18. The standard InChI is InChI=1S/C25H24Cl2N6O4.C23H20Cl2N6O4.C14H11BrCl2N4O2.C11H14N2O2/c1-4-37-23(35)15-11-14(15)18-6-5-7-19(28-18)29-24-30-21-20(31(24)2)22(34)33(25(36)32(21)3)12-13-8-9-16(26)17(27)10-13;1-29-18-19(28-22(29)27-17-5-3-4-16(26-17)12-9-13(12)21(33)34)30(2)23(35)31(20(18)32)10-11-6-7-14(24)15(25)8-11;1-19-10-11(18-13(19)15)20(2)14(23)21(12(10)22)6-7-3-4-8(16)9(17)5-7;1-2-15-11(14)8-6-7(8)9-4-3-5-10(12)13-9/h5-10,14-15H,4,11-12H2,1-3H3,(H,28,29,30);3-8,12-13H,9-10H2,1-2H3,(H,33,34)(H,26,27,28);3-5H,6H2,1-2H3;3-5,7-8H,2,6H2,1H3,(H2,12,13)/t14-,15+;12-,13+;;7-,8+/m00.0/s1. The maximum Gasteiger partial charge on any atom is 0.332 e. The molecule has 9 aromatic heterocycles. The number of carboxylic acid groups (broad SMARTS) is 1. The second-order valence-electron chi connectivity index (χ2n) is 26.2. The van der Waals surface area contributed by atoms with Crippen LogP contribution in [0.2, 0.25) is 30.1 Å². The van der Waals surface area contributed by atoms with Gasteiger partial charge in [-0.05, 0) is 139 Å². The molecule has 0 amide bonds. The van der Waals surface area contributed by atoms with Gasteiger partial charge in [0, 0.05) is 77.1 Å². The van der Waals surface area contributed by atoms with E-state index in [1.54, 1.807) is 148 Å². The number of nitrogen functional groups attached to an aromatic ring is 1. The van der Waals surface area contributed by atoms with E-state index in [-0.39, 0.29) is 83.5 Å². The number of carbonyl (C=O) groups excluding carboxylic acids is 2. The van der Waals surface area contributed by atoms with Crippen LogP contribution in [0.1, 0.15) is 84.6 Å². The molecule has 110 heavy (non-hydrogen) atoms. The smallest absolute Gasteiger partial charge is 0.332 e. The minimum atomic E-state index is -0.830. The molecule has 12 aromatic rings. The van der Waals surface area contributed by atoms with Gasteiger partial charge in [-0.15, -0.1) is 0 Å². The second-order valence-corrected chi connectivity index (χ2v) is 29.4. The molecular weight excluding hydrogens is 1610 g/mol. The summed E-state index contributed by atoms with van der Waals surface area (Å²) in [7, 11) is 9.74. The molecule has 3 aliphatic carbocycles. The minimum Gasteiger partial charge on any atom is -0.481 e. The number of hydrogen-bond acceptors (Lipinski definition) is 20. The predicted molar refractivity (Wildman–Crippen MR) is 422 cm³/mol. The number of halogens is 7. The van der Waals surface area contributed by atoms with Crippen LogP contribution in [0, 0.1) is 17.8 Å². The zero-order valence-electron chi connectivity index (χ0n) is 59.9. The van der Waals surface area contributed by atoms with Gasteiger partial charge in [-0.1, -0.05) is 106 Å². The predicted octanol–water partition coefficient (Wildman–Crippen LogP) is 10.6. The van der Waals surface area contributed by atoms with Gasteiger partial charge in [0.1, 0.15) is 17.5 Å². The zero-order valence-corrected chi connectivity index (χ0v) is 66.0. The van der Waals surface area contributed by atoms with E-state index in [0.717, 1.165) is 31.5 Å². The first kappa shape index (κ1) is 79.1. The molecule has 3 fully saturated rings. The molecule has 3 aromatic carbocycles. The molecular formula is C73H69BrCl6N18O12. The van der Waals surface area contributed by atoms with Gasteiger partial charge in [0.2, 0.25) is 11.9 Å². The van der Waals surface area contributed by atoms with Crippen LogP contribution < -0.4 is 50.1 Å². The van der Waals surface area contributed by atoms with Crippen LogP contribution in [0.15, 0.2) is 143 Å². The number of anilines is 5. The summed E-state index contributed by atoms with van der Waals surface area (Å²) in [6.45, 7) is 4.52. The lowest BCUT2D eigenvalue weighted by Crippen LogP contribution is -2.39. The fourth-order valence-electron chi connectivity index (χ4n) is 12.6. The molecule has 6 atom stereocenters. The van der Waals surface area contributed by atoms with Crippen molar-refractivity contribution in [3.8, 4) is 0 Å². The quantitative estimate of drug-likeness (QED) is 0.0458. The summed E-state index contributed by atoms with van der Waals surface area (Å²) in [4.78, 5) is 139. The highest BCUT2D eigenvalue weighted by atomic mass is 79.9. The fourth-order valence-corrected chi connectivity index (χ4v) is 13.9. The van der Waals surface area contributed by atoms with E-state index < -0.39 is 45.6 Å². The van der Waals surface area contributed by atoms with Crippen LogP contribution in [-0.2, 0) is 85.8 Å². The Bertz CT molecular complexity index is 6090. The number of aromatic nitrogens is 15. The second kappa shape index (κ2) is 32.6. The summed E-state index contributed by atoms with van der Waals surface area (Å²) in [6.07, 6.45) is 2.08. The van der Waals surface area contributed by atoms with E-state index in [4.69, 9.17) is 84.8 Å². The average Bonchev–Trinajstić information content (AvgIpc) is 1.61. The zero-order chi connectivity index (χ0) is 79.2. The molecule has 15 rings (SSSR count). The summed E-state index contributed by atoms with van der Waals surface area (Å²) in [5.41, 5.74) is 8.72. The highest BCUT2D eigenvalue weighted by Gasteiger charge is 2.48. The number of nitrogens with one attached hydrogen (secondary N) is 2. The van der Waals surface area contributed by atoms with Crippen molar-refractivity contribution < 1.29 is 29.0 Å². The van der Waals surface area contributed by atoms with Crippen molar-refractivity contribution in [3.63, 3.8) is 0 Å². The van der Waals surface area contributed by atoms with Gasteiger partial charge in [0.05, 0.1) is 80.7 Å². The molecule has 9 heterocycles. The van der Waals surface area contributed by atoms with E-state index in [1.165, 1.54) is 13.7 Å². The first-order valence-electron chi connectivity index (χ1n) is 34.1. The van der Waals surface area contributed by atoms with Crippen molar-refractivity contribution in [2.45, 2.75) is 70.5 Å². The summed E-state index contributed by atoms with van der Waals surface area (Å²) >= 11 is 39.3. The van der Waals surface area contributed by atoms with Crippen molar-refractivity contribution in [3.05, 3.63) is 240 Å². The van der Waals surface area contributed by atoms with Crippen LogP contribution >= 0.6 is 85.5 Å². The van der Waals surface area contributed by atoms with Crippen LogP contribution in [0.25, 0.3) is 33.5 Å². The number of pyridine rings is 3. The third-order valence-electron chi connectivity index (χ3n) is 18.8. The third kappa shape index (κ3) is 16.5. The summed E-state index contributed by atoms with van der Waals surface area (Å²) in [6, 6.07) is 31.2. The van der Waals surface area contributed by atoms with Gasteiger partial charge in [-0.2, -0.15) is 9.97 Å².